The van der Waals surface area contributed by atoms with E-state index in [1.165, 1.54) is 12.1 Å². The molecule has 2 fully saturated rings. The second-order valence-electron chi connectivity index (χ2n) is 7.01. The van der Waals surface area contributed by atoms with Crippen molar-refractivity contribution < 1.29 is 9.13 Å². The molecule has 2 saturated heterocycles. The van der Waals surface area contributed by atoms with Crippen LogP contribution in [0.4, 0.5) is 15.9 Å². The molecule has 3 heterocycles. The highest BCUT2D eigenvalue weighted by Crippen LogP contribution is 2.28. The van der Waals surface area contributed by atoms with Crippen molar-refractivity contribution in [2.75, 3.05) is 42.6 Å². The van der Waals surface area contributed by atoms with Gasteiger partial charge in [-0.05, 0) is 37.0 Å². The smallest absolute Gasteiger partial charge is 0.251 e. The van der Waals surface area contributed by atoms with E-state index in [9.17, 15) is 9.18 Å². The molecule has 5 nitrogen and oxygen atoms in total. The van der Waals surface area contributed by atoms with E-state index in [0.717, 1.165) is 56.0 Å². The number of ether oxygens (including phenoxy) is 1. The summed E-state index contributed by atoms with van der Waals surface area (Å²) in [5.74, 6) is 0.670. The Morgan fingerprint density at radius 3 is 2.65 bits per heavy atom. The number of benzene rings is 1. The third kappa shape index (κ3) is 3.75. The molecule has 0 aliphatic carbocycles. The summed E-state index contributed by atoms with van der Waals surface area (Å²) < 4.78 is 18.6. The normalized spacial score (nSPS) is 20.6. The zero-order valence-electron chi connectivity index (χ0n) is 14.8. The van der Waals surface area contributed by atoms with E-state index >= 15 is 0 Å². The van der Waals surface area contributed by atoms with Crippen LogP contribution < -0.4 is 15.4 Å². The fraction of sp³-hybridized carbons (Fsp3) is 0.450. The molecule has 0 unspecified atom stereocenters. The van der Waals surface area contributed by atoms with Gasteiger partial charge in [0.15, 0.2) is 0 Å². The zero-order chi connectivity index (χ0) is 17.9. The molecule has 0 spiro atoms. The summed E-state index contributed by atoms with van der Waals surface area (Å²) in [6, 6.07) is 10.8. The molecule has 2 aliphatic heterocycles. The number of rotatable bonds is 4. The van der Waals surface area contributed by atoms with Crippen molar-refractivity contribution in [3.63, 3.8) is 0 Å². The molecule has 0 radical (unpaired) electrons. The first-order valence-corrected chi connectivity index (χ1v) is 9.27. The van der Waals surface area contributed by atoms with Crippen LogP contribution in [0.25, 0.3) is 0 Å². The number of hydrogen-bond acceptors (Lipinski definition) is 4. The number of aromatic amines is 1. The molecule has 2 aliphatic rings. The van der Waals surface area contributed by atoms with Crippen LogP contribution in [0.2, 0.25) is 0 Å². The third-order valence-corrected chi connectivity index (χ3v) is 5.26. The van der Waals surface area contributed by atoms with E-state index in [4.69, 9.17) is 4.74 Å². The molecule has 0 saturated carbocycles. The van der Waals surface area contributed by atoms with E-state index in [0.29, 0.717) is 19.3 Å². The lowest BCUT2D eigenvalue weighted by Gasteiger charge is -2.31. The molecule has 1 aromatic carbocycles. The molecule has 1 atom stereocenters. The average molecular weight is 357 g/mol. The molecule has 2 aromatic rings. The fourth-order valence-corrected chi connectivity index (χ4v) is 3.93. The van der Waals surface area contributed by atoms with Gasteiger partial charge in [-0.15, -0.1) is 0 Å². The summed E-state index contributed by atoms with van der Waals surface area (Å²) in [4.78, 5) is 19.7. The minimum atomic E-state index is -0.209. The van der Waals surface area contributed by atoms with Gasteiger partial charge >= 0.3 is 0 Å². The highest BCUT2D eigenvalue weighted by Gasteiger charge is 2.26. The van der Waals surface area contributed by atoms with Crippen molar-refractivity contribution in [2.45, 2.75) is 25.3 Å². The van der Waals surface area contributed by atoms with Crippen LogP contribution in [0.3, 0.4) is 0 Å². The molecule has 26 heavy (non-hydrogen) atoms. The van der Waals surface area contributed by atoms with E-state index in [1.807, 2.05) is 12.1 Å². The van der Waals surface area contributed by atoms with Gasteiger partial charge in [-0.25, -0.2) is 4.39 Å². The highest BCUT2D eigenvalue weighted by molar-refractivity contribution is 5.56. The Kier molecular flexibility index (Phi) is 4.93. The van der Waals surface area contributed by atoms with Gasteiger partial charge in [0.05, 0.1) is 13.2 Å². The molecule has 0 bridgehead atoms. The Hall–Kier alpha value is -2.34. The highest BCUT2D eigenvalue weighted by atomic mass is 19.1. The van der Waals surface area contributed by atoms with Gasteiger partial charge in [0.25, 0.3) is 5.56 Å². The van der Waals surface area contributed by atoms with Crippen molar-refractivity contribution in [1.29, 1.82) is 0 Å². The van der Waals surface area contributed by atoms with Gasteiger partial charge in [0, 0.05) is 43.5 Å². The Balaban J connectivity index is 1.56. The van der Waals surface area contributed by atoms with E-state index in [1.54, 1.807) is 6.07 Å². The molecule has 0 amide bonds. The Labute approximate surface area is 152 Å². The van der Waals surface area contributed by atoms with Crippen LogP contribution in [0, 0.1) is 5.82 Å². The average Bonchev–Trinajstić information content (AvgIpc) is 3.12. The summed E-state index contributed by atoms with van der Waals surface area (Å²) in [5.41, 5.74) is 2.01. The van der Waals surface area contributed by atoms with Gasteiger partial charge < -0.3 is 19.5 Å². The maximum atomic E-state index is 13.1. The maximum absolute atomic E-state index is 13.1. The number of nitrogens with zero attached hydrogens (tertiary/aromatic N) is 2. The largest absolute Gasteiger partial charge is 0.378 e. The lowest BCUT2D eigenvalue weighted by atomic mass is 10.0. The predicted octanol–water partition coefficient (Wildman–Crippen LogP) is 2.56. The molecular formula is C20H24FN3O2. The number of nitrogens with one attached hydrogen (secondary N) is 1. The number of anilines is 2. The SMILES string of the molecule is O=c1cc(N2CCOCC2)cc(N2CCC[C@H]2Cc2ccc(F)cc2)[nH]1. The fourth-order valence-electron chi connectivity index (χ4n) is 3.93. The van der Waals surface area contributed by atoms with Crippen molar-refractivity contribution in [1.82, 2.24) is 4.98 Å². The van der Waals surface area contributed by atoms with Crippen molar-refractivity contribution in [3.05, 3.63) is 58.1 Å². The third-order valence-electron chi connectivity index (χ3n) is 5.26. The molecular weight excluding hydrogens is 333 g/mol. The summed E-state index contributed by atoms with van der Waals surface area (Å²) in [5, 5.41) is 0. The topological polar surface area (TPSA) is 48.6 Å². The standard InChI is InChI=1S/C20H24FN3O2/c21-16-5-3-15(4-6-16)12-17-2-1-7-24(17)19-13-18(14-20(25)22-19)23-8-10-26-11-9-23/h3-6,13-14,17H,1-2,7-12H2,(H,22,25)/t17-/m0/s1. The molecule has 6 heteroatoms. The van der Waals surface area contributed by atoms with E-state index in [-0.39, 0.29) is 11.4 Å². The Bertz CT molecular complexity index is 799. The van der Waals surface area contributed by atoms with Crippen molar-refractivity contribution >= 4 is 11.5 Å². The van der Waals surface area contributed by atoms with E-state index < -0.39 is 0 Å². The quantitative estimate of drug-likeness (QED) is 0.914. The first-order chi connectivity index (χ1) is 12.7. The van der Waals surface area contributed by atoms with Crippen LogP contribution in [-0.2, 0) is 11.2 Å². The number of pyridine rings is 1. The minimum absolute atomic E-state index is 0.0728. The minimum Gasteiger partial charge on any atom is -0.378 e. The predicted molar refractivity (Wildman–Crippen MR) is 101 cm³/mol. The summed E-state index contributed by atoms with van der Waals surface area (Å²) in [6.07, 6.45) is 3.01. The number of morpholine rings is 1. The van der Waals surface area contributed by atoms with Gasteiger partial charge in [0.2, 0.25) is 0 Å². The van der Waals surface area contributed by atoms with Crippen LogP contribution in [0.1, 0.15) is 18.4 Å². The van der Waals surface area contributed by atoms with E-state index in [2.05, 4.69) is 20.9 Å². The number of aromatic nitrogens is 1. The Morgan fingerprint density at radius 1 is 1.12 bits per heavy atom. The monoisotopic (exact) mass is 357 g/mol. The van der Waals surface area contributed by atoms with Crippen molar-refractivity contribution in [2.24, 2.45) is 0 Å². The van der Waals surface area contributed by atoms with Crippen molar-refractivity contribution in [3.8, 4) is 0 Å². The first-order valence-electron chi connectivity index (χ1n) is 9.27. The van der Waals surface area contributed by atoms with Gasteiger partial charge in [-0.2, -0.15) is 0 Å². The molecule has 1 aromatic heterocycles. The van der Waals surface area contributed by atoms with Gasteiger partial charge in [0.1, 0.15) is 11.6 Å². The summed E-state index contributed by atoms with van der Waals surface area (Å²) in [7, 11) is 0. The Morgan fingerprint density at radius 2 is 1.88 bits per heavy atom. The van der Waals surface area contributed by atoms with Gasteiger partial charge in [-0.1, -0.05) is 12.1 Å². The molecule has 1 N–H and O–H groups in total. The number of H-pyrrole nitrogens is 1. The lowest BCUT2D eigenvalue weighted by molar-refractivity contribution is 0.122. The second kappa shape index (κ2) is 7.50. The summed E-state index contributed by atoms with van der Waals surface area (Å²) >= 11 is 0. The van der Waals surface area contributed by atoms with Crippen LogP contribution in [-0.4, -0.2) is 43.9 Å². The van der Waals surface area contributed by atoms with Gasteiger partial charge in [-0.3, -0.25) is 4.79 Å². The lowest BCUT2D eigenvalue weighted by Crippen LogP contribution is -2.37. The number of halogens is 1. The first kappa shape index (κ1) is 17.1. The summed E-state index contributed by atoms with van der Waals surface area (Å²) in [6.45, 7) is 3.93. The molecule has 138 valence electrons. The van der Waals surface area contributed by atoms with Crippen LogP contribution in [0.15, 0.2) is 41.2 Å². The zero-order valence-corrected chi connectivity index (χ0v) is 14.8. The number of hydrogen-bond donors (Lipinski definition) is 1. The van der Waals surface area contributed by atoms with Crippen LogP contribution in [0.5, 0.6) is 0 Å². The maximum Gasteiger partial charge on any atom is 0.251 e. The van der Waals surface area contributed by atoms with Crippen LogP contribution >= 0.6 is 0 Å². The second-order valence-corrected chi connectivity index (χ2v) is 7.01. The molecule has 4 rings (SSSR count).